The van der Waals surface area contributed by atoms with E-state index in [1.54, 1.807) is 14.2 Å². The Morgan fingerprint density at radius 3 is 2.17 bits per heavy atom. The summed E-state index contributed by atoms with van der Waals surface area (Å²) in [7, 11) is 3.14. The molecule has 3 aromatic carbocycles. The van der Waals surface area contributed by atoms with Gasteiger partial charge in [0.05, 0.1) is 37.2 Å². The van der Waals surface area contributed by atoms with Crippen molar-refractivity contribution in [2.24, 2.45) is 0 Å². The van der Waals surface area contributed by atoms with E-state index < -0.39 is 17.8 Å². The molecule has 0 saturated carbocycles. The van der Waals surface area contributed by atoms with Gasteiger partial charge in [-0.05, 0) is 59.9 Å². The van der Waals surface area contributed by atoms with E-state index in [1.165, 1.54) is 12.1 Å². The predicted octanol–water partition coefficient (Wildman–Crippen LogP) is 6.70. The zero-order valence-corrected chi connectivity index (χ0v) is 19.8. The Morgan fingerprint density at radius 2 is 1.50 bits per heavy atom. The molecule has 0 spiro atoms. The van der Waals surface area contributed by atoms with Crippen LogP contribution < -0.4 is 20.1 Å². The summed E-state index contributed by atoms with van der Waals surface area (Å²) >= 11 is 0. The fraction of sp³-hybridized carbons (Fsp3) is 0.250. The Hall–Kier alpha value is -3.94. The molecule has 0 fully saturated rings. The van der Waals surface area contributed by atoms with E-state index in [1.807, 2.05) is 42.5 Å². The number of fused-ring (bicyclic) bond motifs is 1. The molecule has 3 aromatic rings. The number of carbonyl (C=O) groups is 1. The third-order valence-electron chi connectivity index (χ3n) is 6.76. The van der Waals surface area contributed by atoms with Gasteiger partial charge in [-0.2, -0.15) is 13.2 Å². The topological polar surface area (TPSA) is 59.6 Å². The molecule has 2 aliphatic rings. The summed E-state index contributed by atoms with van der Waals surface area (Å²) in [6.45, 7) is 0. The first kappa shape index (κ1) is 23.8. The molecule has 1 aliphatic heterocycles. The number of ether oxygens (including phenoxy) is 2. The number of Topliss-reactive ketones (excluding diaryl/α,β-unsaturated/α-hetero) is 1. The van der Waals surface area contributed by atoms with Gasteiger partial charge in [-0.15, -0.1) is 0 Å². The van der Waals surface area contributed by atoms with Crippen molar-refractivity contribution in [1.29, 1.82) is 0 Å². The number of hydrogen-bond donors (Lipinski definition) is 2. The minimum Gasteiger partial charge on any atom is -0.493 e. The van der Waals surface area contributed by atoms with Gasteiger partial charge >= 0.3 is 6.18 Å². The van der Waals surface area contributed by atoms with Crippen molar-refractivity contribution in [1.82, 2.24) is 0 Å². The Kier molecular flexibility index (Phi) is 6.12. The standard InChI is InChI=1S/C28H25F3N2O3/c1-35-24-12-9-17(15-25(24)36-2)18-13-22-26(23(34)14-18)27(33-21-6-4-3-5-20(21)32-22)16-7-10-19(11-8-16)28(29,30)31/h3-12,15,18,27,32-33H,13-14H2,1-2H3. The van der Waals surface area contributed by atoms with E-state index in [-0.39, 0.29) is 18.1 Å². The molecular weight excluding hydrogens is 469 g/mol. The summed E-state index contributed by atoms with van der Waals surface area (Å²) in [5.74, 6) is 1.04. The summed E-state index contributed by atoms with van der Waals surface area (Å²) < 4.78 is 50.3. The predicted molar refractivity (Wildman–Crippen MR) is 131 cm³/mol. The van der Waals surface area contributed by atoms with E-state index in [2.05, 4.69) is 10.6 Å². The smallest absolute Gasteiger partial charge is 0.416 e. The van der Waals surface area contributed by atoms with Crippen molar-refractivity contribution in [2.45, 2.75) is 31.0 Å². The highest BCUT2D eigenvalue weighted by molar-refractivity contribution is 6.01. The first-order valence-corrected chi connectivity index (χ1v) is 11.6. The number of anilines is 2. The lowest BCUT2D eigenvalue weighted by molar-refractivity contribution is -0.137. The van der Waals surface area contributed by atoms with Gasteiger partial charge in [0.25, 0.3) is 0 Å². The highest BCUT2D eigenvalue weighted by atomic mass is 19.4. The van der Waals surface area contributed by atoms with Crippen LogP contribution in [0.5, 0.6) is 11.5 Å². The first-order valence-electron chi connectivity index (χ1n) is 11.6. The molecule has 1 heterocycles. The minimum atomic E-state index is -4.43. The molecule has 36 heavy (non-hydrogen) atoms. The summed E-state index contributed by atoms with van der Waals surface area (Å²) in [5.41, 5.74) is 3.69. The zero-order valence-electron chi connectivity index (χ0n) is 19.8. The highest BCUT2D eigenvalue weighted by Crippen LogP contribution is 2.45. The summed E-state index contributed by atoms with van der Waals surface area (Å²) in [6, 6.07) is 17.6. The third-order valence-corrected chi connectivity index (χ3v) is 6.76. The van der Waals surface area contributed by atoms with Crippen molar-refractivity contribution in [3.63, 3.8) is 0 Å². The fourth-order valence-corrected chi connectivity index (χ4v) is 4.95. The molecule has 2 unspecified atom stereocenters. The van der Waals surface area contributed by atoms with Gasteiger partial charge < -0.3 is 20.1 Å². The van der Waals surface area contributed by atoms with Crippen LogP contribution in [0.2, 0.25) is 0 Å². The second-order valence-electron chi connectivity index (χ2n) is 8.90. The van der Waals surface area contributed by atoms with Crippen LogP contribution >= 0.6 is 0 Å². The molecular formula is C28H25F3N2O3. The van der Waals surface area contributed by atoms with Gasteiger partial charge in [-0.25, -0.2) is 0 Å². The maximum absolute atomic E-state index is 13.6. The number of hydrogen-bond acceptors (Lipinski definition) is 5. The number of para-hydroxylation sites is 2. The number of alkyl halides is 3. The van der Waals surface area contributed by atoms with Gasteiger partial charge in [-0.3, -0.25) is 4.79 Å². The van der Waals surface area contributed by atoms with E-state index in [0.717, 1.165) is 34.8 Å². The van der Waals surface area contributed by atoms with Crippen LogP contribution in [0.3, 0.4) is 0 Å². The van der Waals surface area contributed by atoms with Gasteiger partial charge in [0.2, 0.25) is 0 Å². The molecule has 8 heteroatoms. The molecule has 1 aliphatic carbocycles. The summed E-state index contributed by atoms with van der Waals surface area (Å²) in [6.07, 6.45) is -3.60. The van der Waals surface area contributed by atoms with Crippen LogP contribution in [0.1, 0.15) is 41.5 Å². The maximum Gasteiger partial charge on any atom is 0.416 e. The molecule has 5 nitrogen and oxygen atoms in total. The number of halogens is 3. The second-order valence-corrected chi connectivity index (χ2v) is 8.90. The lowest BCUT2D eigenvalue weighted by Gasteiger charge is -2.30. The van der Waals surface area contributed by atoms with E-state index in [4.69, 9.17) is 9.47 Å². The number of carbonyl (C=O) groups excluding carboxylic acids is 1. The van der Waals surface area contributed by atoms with Crippen molar-refractivity contribution < 1.29 is 27.4 Å². The zero-order chi connectivity index (χ0) is 25.4. The van der Waals surface area contributed by atoms with Crippen LogP contribution in [0.4, 0.5) is 24.5 Å². The highest BCUT2D eigenvalue weighted by Gasteiger charge is 2.37. The average molecular weight is 495 g/mol. The molecule has 5 rings (SSSR count). The normalized spacial score (nSPS) is 19.4. The maximum atomic E-state index is 13.6. The second kappa shape index (κ2) is 9.26. The Bertz CT molecular complexity index is 1330. The number of benzene rings is 3. The van der Waals surface area contributed by atoms with E-state index in [0.29, 0.717) is 29.1 Å². The first-order chi connectivity index (χ1) is 17.3. The molecule has 0 saturated heterocycles. The third kappa shape index (κ3) is 4.39. The Labute approximate surface area is 206 Å². The Morgan fingerprint density at radius 1 is 0.833 bits per heavy atom. The monoisotopic (exact) mass is 494 g/mol. The van der Waals surface area contributed by atoms with Crippen LogP contribution in [0.15, 0.2) is 78.0 Å². The molecule has 0 aromatic heterocycles. The number of rotatable bonds is 4. The average Bonchev–Trinajstić information content (AvgIpc) is 3.04. The molecule has 0 bridgehead atoms. The van der Waals surface area contributed by atoms with Crippen LogP contribution in [-0.2, 0) is 11.0 Å². The van der Waals surface area contributed by atoms with Crippen molar-refractivity contribution >= 4 is 17.2 Å². The number of nitrogens with one attached hydrogen (secondary N) is 2. The largest absolute Gasteiger partial charge is 0.493 e. The van der Waals surface area contributed by atoms with E-state index >= 15 is 0 Å². The summed E-state index contributed by atoms with van der Waals surface area (Å²) in [4.78, 5) is 13.6. The van der Waals surface area contributed by atoms with Crippen LogP contribution in [0.25, 0.3) is 0 Å². The van der Waals surface area contributed by atoms with Gasteiger partial charge in [0, 0.05) is 17.7 Å². The number of methoxy groups -OCH3 is 2. The van der Waals surface area contributed by atoms with Crippen molar-refractivity contribution in [3.8, 4) is 11.5 Å². The summed E-state index contributed by atoms with van der Waals surface area (Å²) in [5, 5.41) is 6.83. The number of ketones is 1. The fourth-order valence-electron chi connectivity index (χ4n) is 4.95. The molecule has 0 amide bonds. The quantitative estimate of drug-likeness (QED) is 0.423. The van der Waals surface area contributed by atoms with E-state index in [9.17, 15) is 18.0 Å². The van der Waals surface area contributed by atoms with Crippen LogP contribution in [-0.4, -0.2) is 20.0 Å². The van der Waals surface area contributed by atoms with Crippen LogP contribution in [0, 0.1) is 0 Å². The van der Waals surface area contributed by atoms with Gasteiger partial charge in [0.1, 0.15) is 0 Å². The minimum absolute atomic E-state index is 0.0614. The molecule has 0 radical (unpaired) electrons. The molecule has 2 N–H and O–H groups in total. The number of allylic oxidation sites excluding steroid dienone is 1. The van der Waals surface area contributed by atoms with Gasteiger partial charge in [-0.1, -0.05) is 30.3 Å². The molecule has 2 atom stereocenters. The van der Waals surface area contributed by atoms with Crippen molar-refractivity contribution in [2.75, 3.05) is 24.9 Å². The van der Waals surface area contributed by atoms with Gasteiger partial charge in [0.15, 0.2) is 17.3 Å². The SMILES string of the molecule is COc1ccc(C2CC(=O)C3=C(C2)Nc2ccccc2NC3c2ccc(C(F)(F)F)cc2)cc1OC. The lowest BCUT2D eigenvalue weighted by atomic mass is 9.78. The lowest BCUT2D eigenvalue weighted by Crippen LogP contribution is -2.27. The molecule has 186 valence electrons. The Balaban J connectivity index is 1.56. The van der Waals surface area contributed by atoms with Crippen molar-refractivity contribution in [3.05, 3.63) is 94.7 Å².